The largest absolute Gasteiger partial charge is 0.491 e. The highest BCUT2D eigenvalue weighted by Crippen LogP contribution is 2.30. The predicted molar refractivity (Wildman–Crippen MR) is 135 cm³/mol. The number of thiazole rings is 1. The minimum Gasteiger partial charge on any atom is -0.491 e. The molecule has 0 atom stereocenters. The summed E-state index contributed by atoms with van der Waals surface area (Å²) in [5, 5.41) is 5.11. The Labute approximate surface area is 206 Å². The normalized spacial score (nSPS) is 12.7. The van der Waals surface area contributed by atoms with E-state index < -0.39 is 11.8 Å². The van der Waals surface area contributed by atoms with Gasteiger partial charge in [0.2, 0.25) is 0 Å². The molecule has 0 aliphatic carbocycles. The molecule has 0 saturated heterocycles. The molecule has 3 amide bonds. The fourth-order valence-electron chi connectivity index (χ4n) is 3.82. The molecule has 1 aliphatic rings. The summed E-state index contributed by atoms with van der Waals surface area (Å²) >= 11 is 1.31. The second-order valence-corrected chi connectivity index (χ2v) is 9.08. The third-order valence-corrected chi connectivity index (χ3v) is 6.16. The van der Waals surface area contributed by atoms with Crippen molar-refractivity contribution in [2.45, 2.75) is 20.0 Å². The highest BCUT2D eigenvalue weighted by Gasteiger charge is 2.36. The second-order valence-electron chi connectivity index (χ2n) is 8.22. The summed E-state index contributed by atoms with van der Waals surface area (Å²) in [5.41, 5.74) is 3.00. The van der Waals surface area contributed by atoms with E-state index in [0.29, 0.717) is 27.5 Å². The molecule has 8 heteroatoms. The van der Waals surface area contributed by atoms with Gasteiger partial charge in [0.05, 0.1) is 28.6 Å². The van der Waals surface area contributed by atoms with Crippen molar-refractivity contribution < 1.29 is 19.1 Å². The predicted octanol–water partition coefficient (Wildman–Crippen LogP) is 5.65. The molecule has 7 nitrogen and oxygen atoms in total. The summed E-state index contributed by atoms with van der Waals surface area (Å²) in [6.07, 6.45) is 0.0949. The first-order valence-electron chi connectivity index (χ1n) is 11.0. The Balaban J connectivity index is 1.31. The lowest BCUT2D eigenvalue weighted by Gasteiger charge is -2.14. The van der Waals surface area contributed by atoms with Gasteiger partial charge in [-0.2, -0.15) is 0 Å². The lowest BCUT2D eigenvalue weighted by Crippen LogP contribution is -2.29. The molecule has 0 bridgehead atoms. The maximum atomic E-state index is 12.9. The minimum atomic E-state index is -0.405. The van der Waals surface area contributed by atoms with E-state index in [1.807, 2.05) is 43.5 Å². The van der Waals surface area contributed by atoms with Crippen LogP contribution in [0.25, 0.3) is 11.3 Å². The molecule has 1 aromatic heterocycles. The molecule has 0 saturated carbocycles. The van der Waals surface area contributed by atoms with E-state index in [2.05, 4.69) is 10.3 Å². The fourth-order valence-corrected chi connectivity index (χ4v) is 4.53. The number of carbonyl (C=O) groups is 3. The molecule has 0 fully saturated rings. The van der Waals surface area contributed by atoms with Crippen molar-refractivity contribution in [2.75, 3.05) is 10.2 Å². The molecule has 4 aromatic rings. The Morgan fingerprint density at radius 1 is 0.943 bits per heavy atom. The number of nitrogens with zero attached hydrogens (tertiary/aromatic N) is 2. The van der Waals surface area contributed by atoms with Crippen LogP contribution in [0.4, 0.5) is 10.8 Å². The van der Waals surface area contributed by atoms with Crippen molar-refractivity contribution in [3.05, 3.63) is 94.9 Å². The number of hydrogen-bond donors (Lipinski definition) is 1. The lowest BCUT2D eigenvalue weighted by molar-refractivity contribution is 0.0924. The first kappa shape index (κ1) is 22.5. The van der Waals surface area contributed by atoms with Gasteiger partial charge in [-0.15, -0.1) is 11.3 Å². The summed E-state index contributed by atoms with van der Waals surface area (Å²) in [4.78, 5) is 44.1. The number of carbonyl (C=O) groups excluding carboxylic acids is 3. The van der Waals surface area contributed by atoms with Crippen LogP contribution in [0, 0.1) is 0 Å². The van der Waals surface area contributed by atoms with Crippen molar-refractivity contribution in [1.82, 2.24) is 4.98 Å². The molecule has 5 rings (SSSR count). The van der Waals surface area contributed by atoms with E-state index in [1.165, 1.54) is 17.4 Å². The van der Waals surface area contributed by atoms with Crippen LogP contribution in [0.3, 0.4) is 0 Å². The molecule has 0 unspecified atom stereocenters. The minimum absolute atomic E-state index is 0.0949. The zero-order chi connectivity index (χ0) is 24.5. The number of nitrogens with one attached hydrogen (secondary N) is 1. The summed E-state index contributed by atoms with van der Waals surface area (Å²) in [6.45, 7) is 3.94. The first-order valence-corrected chi connectivity index (χ1v) is 11.9. The van der Waals surface area contributed by atoms with Crippen LogP contribution in [-0.4, -0.2) is 28.8 Å². The van der Waals surface area contributed by atoms with Crippen LogP contribution in [0.1, 0.15) is 44.9 Å². The van der Waals surface area contributed by atoms with Crippen molar-refractivity contribution in [3.63, 3.8) is 0 Å². The molecule has 0 radical (unpaired) electrons. The molecular formula is C27H21N3O4S. The molecule has 35 heavy (non-hydrogen) atoms. The highest BCUT2D eigenvalue weighted by molar-refractivity contribution is 7.14. The van der Waals surface area contributed by atoms with Crippen LogP contribution in [-0.2, 0) is 0 Å². The zero-order valence-corrected chi connectivity index (χ0v) is 19.8. The molecule has 1 aliphatic heterocycles. The molecule has 2 heterocycles. The van der Waals surface area contributed by atoms with E-state index in [1.54, 1.807) is 42.5 Å². The van der Waals surface area contributed by atoms with Gasteiger partial charge in [0.1, 0.15) is 5.75 Å². The molecule has 174 valence electrons. The van der Waals surface area contributed by atoms with Gasteiger partial charge in [-0.05, 0) is 68.4 Å². The Morgan fingerprint density at radius 3 is 2.29 bits per heavy atom. The van der Waals surface area contributed by atoms with Crippen molar-refractivity contribution in [2.24, 2.45) is 0 Å². The Morgan fingerprint density at radius 2 is 1.63 bits per heavy atom. The van der Waals surface area contributed by atoms with Crippen molar-refractivity contribution >= 4 is 39.9 Å². The van der Waals surface area contributed by atoms with E-state index in [-0.39, 0.29) is 12.0 Å². The van der Waals surface area contributed by atoms with E-state index in [9.17, 15) is 14.4 Å². The fraction of sp³-hybridized carbons (Fsp3) is 0.111. The van der Waals surface area contributed by atoms with E-state index in [4.69, 9.17) is 4.74 Å². The highest BCUT2D eigenvalue weighted by atomic mass is 32.1. The van der Waals surface area contributed by atoms with Gasteiger partial charge >= 0.3 is 0 Å². The van der Waals surface area contributed by atoms with Crippen LogP contribution in [0.15, 0.2) is 78.2 Å². The summed E-state index contributed by atoms with van der Waals surface area (Å²) in [6, 6.07) is 20.7. The average molecular weight is 484 g/mol. The van der Waals surface area contributed by atoms with Gasteiger partial charge in [-0.25, -0.2) is 9.88 Å². The Hall–Kier alpha value is -4.30. The topological polar surface area (TPSA) is 88.6 Å². The number of fused-ring (bicyclic) bond motifs is 1. The third-order valence-electron chi connectivity index (χ3n) is 5.41. The smallest absolute Gasteiger partial charge is 0.266 e. The van der Waals surface area contributed by atoms with Crippen molar-refractivity contribution in [1.29, 1.82) is 0 Å². The Bertz CT molecular complexity index is 1410. The lowest BCUT2D eigenvalue weighted by atomic mass is 10.1. The maximum Gasteiger partial charge on any atom is 0.266 e. The number of anilines is 2. The van der Waals surface area contributed by atoms with E-state index in [0.717, 1.165) is 21.9 Å². The number of imide groups is 1. The quantitative estimate of drug-likeness (QED) is 0.358. The molecule has 0 spiro atoms. The van der Waals surface area contributed by atoms with E-state index >= 15 is 0 Å². The standard InChI is InChI=1S/C27H21N3O4S/c1-16(2)34-20-12-10-17(11-13-20)23-15-35-27(28-23)29-24(31)18-6-5-7-19(14-18)30-25(32)21-8-3-4-9-22(21)26(30)33/h3-16H,1-2H3,(H,28,29,31). The number of benzene rings is 3. The average Bonchev–Trinajstić information content (AvgIpc) is 3.42. The zero-order valence-electron chi connectivity index (χ0n) is 19.0. The van der Waals surface area contributed by atoms with Crippen molar-refractivity contribution in [3.8, 4) is 17.0 Å². The monoisotopic (exact) mass is 483 g/mol. The van der Waals surface area contributed by atoms with Crippen LogP contribution >= 0.6 is 11.3 Å². The van der Waals surface area contributed by atoms with Gasteiger partial charge in [-0.3, -0.25) is 19.7 Å². The number of amides is 3. The number of ether oxygens (including phenoxy) is 1. The van der Waals surface area contributed by atoms with Gasteiger partial charge in [0.25, 0.3) is 17.7 Å². The van der Waals surface area contributed by atoms with Gasteiger partial charge in [-0.1, -0.05) is 18.2 Å². The molecular weight excluding hydrogens is 462 g/mol. The second kappa shape index (κ2) is 9.15. The Kier molecular flexibility index (Phi) is 5.88. The molecule has 3 aromatic carbocycles. The number of aromatic nitrogens is 1. The summed E-state index contributed by atoms with van der Waals surface area (Å²) in [5.74, 6) is -0.412. The first-order chi connectivity index (χ1) is 16.9. The van der Waals surface area contributed by atoms with Crippen LogP contribution < -0.4 is 15.0 Å². The summed E-state index contributed by atoms with van der Waals surface area (Å²) < 4.78 is 5.67. The maximum absolute atomic E-state index is 12.9. The SMILES string of the molecule is CC(C)Oc1ccc(-c2csc(NC(=O)c3cccc(N4C(=O)c5ccccc5C4=O)c3)n2)cc1. The van der Waals surface area contributed by atoms with Gasteiger partial charge in [0, 0.05) is 16.5 Å². The molecule has 1 N–H and O–H groups in total. The van der Waals surface area contributed by atoms with Gasteiger partial charge in [0.15, 0.2) is 5.13 Å². The van der Waals surface area contributed by atoms with Gasteiger partial charge < -0.3 is 4.74 Å². The third kappa shape index (κ3) is 4.43. The number of rotatable bonds is 6. The summed E-state index contributed by atoms with van der Waals surface area (Å²) in [7, 11) is 0. The number of hydrogen-bond acceptors (Lipinski definition) is 6. The van der Waals surface area contributed by atoms with Crippen LogP contribution in [0.2, 0.25) is 0 Å². The van der Waals surface area contributed by atoms with Crippen LogP contribution in [0.5, 0.6) is 5.75 Å².